The zero-order chi connectivity index (χ0) is 40.0. The minimum Gasteiger partial charge on any atom is -0.445 e. The lowest BCUT2D eigenvalue weighted by Gasteiger charge is -2.48. The number of urea groups is 2. The van der Waals surface area contributed by atoms with Crippen LogP contribution in [0.5, 0.6) is 0 Å². The second-order valence-electron chi connectivity index (χ2n) is 12.6. The molecule has 0 saturated carbocycles. The van der Waals surface area contributed by atoms with Gasteiger partial charge in [-0.05, 0) is 33.3 Å². The first-order valence-corrected chi connectivity index (χ1v) is 17.3. The molecule has 3 unspecified atom stereocenters. The molecule has 292 valence electrons. The molecule has 0 bridgehead atoms. The molecule has 0 radical (unpaired) electrons. The van der Waals surface area contributed by atoms with E-state index < -0.39 is 112 Å². The summed E-state index contributed by atoms with van der Waals surface area (Å²) in [7, 11) is -5.07. The minimum atomic E-state index is -5.07. The lowest BCUT2D eigenvalue weighted by molar-refractivity contribution is -0.868. The second-order valence-corrected chi connectivity index (χ2v) is 14.2. The van der Waals surface area contributed by atoms with Gasteiger partial charge < -0.3 is 34.7 Å². The molecule has 6 N–H and O–H groups in total. The smallest absolute Gasteiger partial charge is 0.445 e. The Morgan fingerprint density at radius 3 is 2.37 bits per heavy atom. The number of rotatable bonds is 10. The number of benzene rings is 1. The van der Waals surface area contributed by atoms with Crippen molar-refractivity contribution in [1.29, 1.82) is 0 Å². The summed E-state index contributed by atoms with van der Waals surface area (Å²) in [5, 5.41) is 16.3. The molecule has 3 aliphatic heterocycles. The summed E-state index contributed by atoms with van der Waals surface area (Å²) >= 11 is 0. The van der Waals surface area contributed by atoms with Crippen molar-refractivity contribution in [2.24, 2.45) is 4.99 Å². The molecule has 0 aliphatic carbocycles. The van der Waals surface area contributed by atoms with Gasteiger partial charge in [0, 0.05) is 18.8 Å². The monoisotopic (exact) mass is 781 g/mol. The van der Waals surface area contributed by atoms with Gasteiger partial charge in [0.05, 0.1) is 6.54 Å². The van der Waals surface area contributed by atoms with Crippen LogP contribution in [0.3, 0.4) is 0 Å². The summed E-state index contributed by atoms with van der Waals surface area (Å²) in [6, 6.07) is 1.55. The van der Waals surface area contributed by atoms with Crippen LogP contribution in [0.2, 0.25) is 0 Å². The van der Waals surface area contributed by atoms with Crippen LogP contribution < -0.4 is 26.1 Å². The third kappa shape index (κ3) is 9.64. The van der Waals surface area contributed by atoms with Crippen LogP contribution >= 0.6 is 0 Å². The SMILES string of the molecule is CC(NC(=O)OC(C)(C)C)OC(=O)OCC1[C@H](NC(=O)OCc2ccccc2)C(=O)[N@+]1(NC(=O)C1=CC(=O)C(O)C=N1)C(=O)NS(=O)(=O)N1CCNC1=O. The Morgan fingerprint density at radius 1 is 1.07 bits per heavy atom. The highest BCUT2D eigenvalue weighted by Gasteiger charge is 2.72. The number of nitrogens with zero attached hydrogens (tertiary/aromatic N) is 3. The third-order valence-corrected chi connectivity index (χ3v) is 8.79. The maximum atomic E-state index is 13.9. The summed E-state index contributed by atoms with van der Waals surface area (Å²) < 4.78 is 46.2. The van der Waals surface area contributed by atoms with Crippen LogP contribution in [-0.2, 0) is 50.1 Å². The average Bonchev–Trinajstić information content (AvgIpc) is 3.53. The number of β-lactam (4-membered cyclic amide) rings is 1. The van der Waals surface area contributed by atoms with E-state index in [4.69, 9.17) is 18.9 Å². The third-order valence-electron chi connectivity index (χ3n) is 7.43. The van der Waals surface area contributed by atoms with Crippen LogP contribution in [0.15, 0.2) is 47.1 Å². The summed E-state index contributed by atoms with van der Waals surface area (Å²) in [5.41, 5.74) is 0.860. The second kappa shape index (κ2) is 16.3. The number of alkyl carbamates (subject to hydrolysis) is 2. The topological polar surface area (TPSA) is 304 Å². The molecular weight excluding hydrogens is 744 g/mol. The highest BCUT2D eigenvalue weighted by molar-refractivity contribution is 7.88. The van der Waals surface area contributed by atoms with Gasteiger partial charge in [-0.3, -0.25) is 19.9 Å². The number of hydrogen-bond donors (Lipinski definition) is 6. The number of quaternary nitrogens is 1. The highest BCUT2D eigenvalue weighted by Crippen LogP contribution is 2.31. The largest absolute Gasteiger partial charge is 0.510 e. The molecule has 24 heteroatoms. The van der Waals surface area contributed by atoms with Crippen molar-refractivity contribution in [1.82, 2.24) is 30.4 Å². The Kier molecular flexibility index (Phi) is 12.2. The summed E-state index contributed by atoms with van der Waals surface area (Å²) in [4.78, 5) is 107. The normalized spacial score (nSPS) is 22.8. The van der Waals surface area contributed by atoms with Gasteiger partial charge in [0.1, 0.15) is 17.9 Å². The number of aliphatic hydroxyl groups excluding tert-OH is 1. The van der Waals surface area contributed by atoms with Crippen molar-refractivity contribution in [2.75, 3.05) is 19.7 Å². The molecule has 1 aromatic carbocycles. The number of ketones is 1. The van der Waals surface area contributed by atoms with Crippen LogP contribution in [0.1, 0.15) is 33.3 Å². The minimum absolute atomic E-state index is 0.132. The molecule has 2 fully saturated rings. The predicted molar refractivity (Wildman–Crippen MR) is 177 cm³/mol. The molecule has 4 rings (SSSR count). The molecular formula is C30H37N8O15S+. The number of aliphatic hydroxyl groups is 1. The Balaban J connectivity index is 1.64. The summed E-state index contributed by atoms with van der Waals surface area (Å²) in [6.45, 7) is 4.01. The zero-order valence-corrected chi connectivity index (χ0v) is 29.9. The molecule has 3 aliphatic rings. The lowest BCUT2D eigenvalue weighted by Crippen LogP contribution is -2.90. The van der Waals surface area contributed by atoms with Crippen LogP contribution in [-0.4, -0.2) is 126 Å². The molecule has 54 heavy (non-hydrogen) atoms. The fourth-order valence-electron chi connectivity index (χ4n) is 4.97. The summed E-state index contributed by atoms with van der Waals surface area (Å²) in [6.07, 6.45) is -5.57. The number of hydrogen-bond acceptors (Lipinski definition) is 16. The van der Waals surface area contributed by atoms with E-state index >= 15 is 0 Å². The number of nitrogens with one attached hydrogen (secondary N) is 5. The van der Waals surface area contributed by atoms with E-state index in [2.05, 4.69) is 20.9 Å². The van der Waals surface area contributed by atoms with E-state index in [0.29, 0.717) is 17.9 Å². The predicted octanol–water partition coefficient (Wildman–Crippen LogP) is -1.06. The van der Waals surface area contributed by atoms with Crippen molar-refractivity contribution in [3.8, 4) is 0 Å². The first-order valence-electron chi connectivity index (χ1n) is 15.9. The number of aliphatic imine (C=N–C) groups is 1. The first-order chi connectivity index (χ1) is 25.2. The Hall–Kier alpha value is -6.14. The highest BCUT2D eigenvalue weighted by atomic mass is 32.2. The van der Waals surface area contributed by atoms with Gasteiger partial charge in [-0.25, -0.2) is 33.1 Å². The van der Waals surface area contributed by atoms with Crippen molar-refractivity contribution in [3.05, 3.63) is 47.7 Å². The maximum absolute atomic E-state index is 13.9. The lowest BCUT2D eigenvalue weighted by atomic mass is 9.94. The van der Waals surface area contributed by atoms with Gasteiger partial charge in [-0.15, -0.1) is 0 Å². The molecule has 0 spiro atoms. The van der Waals surface area contributed by atoms with Crippen LogP contribution in [0.4, 0.5) is 24.0 Å². The molecule has 8 amide bonds. The molecule has 0 aromatic heterocycles. The van der Waals surface area contributed by atoms with E-state index in [1.807, 2.05) is 5.43 Å². The molecule has 23 nitrogen and oxygen atoms in total. The fourth-order valence-corrected chi connectivity index (χ4v) is 6.05. The van der Waals surface area contributed by atoms with Gasteiger partial charge in [0.15, 0.2) is 30.8 Å². The van der Waals surface area contributed by atoms with E-state index in [1.54, 1.807) is 51.1 Å². The molecule has 2 saturated heterocycles. The quantitative estimate of drug-likeness (QED) is 0.0542. The van der Waals surface area contributed by atoms with E-state index in [0.717, 1.165) is 0 Å². The molecule has 1 aromatic rings. The number of carbonyl (C=O) groups is 8. The number of ether oxygens (including phenoxy) is 4. The van der Waals surface area contributed by atoms with Gasteiger partial charge >= 0.3 is 52.4 Å². The maximum Gasteiger partial charge on any atom is 0.510 e. The first kappa shape index (κ1) is 40.6. The van der Waals surface area contributed by atoms with E-state index in [-0.39, 0.29) is 17.5 Å². The van der Waals surface area contributed by atoms with Crippen molar-refractivity contribution < 1.29 is 75.4 Å². The zero-order valence-electron chi connectivity index (χ0n) is 29.1. The number of carbonyl (C=O) groups excluding carboxylic acids is 8. The van der Waals surface area contributed by atoms with E-state index in [1.165, 1.54) is 11.6 Å². The van der Waals surface area contributed by atoms with Gasteiger partial charge in [-0.2, -0.15) is 18.6 Å². The molecule has 3 heterocycles. The van der Waals surface area contributed by atoms with Crippen LogP contribution in [0.25, 0.3) is 0 Å². The number of amides is 8. The number of likely N-dealkylation sites (tertiary alicyclic amines) is 1. The standard InChI is InChI=1S/C30H36N8O15S/c1-16(33-28(46)53-30(2,3)4)52-29(47)51-15-19-22(34-27(45)50-14-17-8-6-5-7-9-17)24(42)38(19,35-23(41)18-12-20(39)21(40)13-32-18)26(44)36-54(48,49)37-11-10-31-25(37)43/h5-9,12-13,16,19,21-22,40H,10-11,14-15H2,1-4H3,(H4-,31,33,34,35,36,41,43,44,45,46)/p+1/t16?,19?,21?,22-,38-/m0/s1. The van der Waals surface area contributed by atoms with Gasteiger partial charge in [0.2, 0.25) is 6.04 Å². The van der Waals surface area contributed by atoms with Gasteiger partial charge in [-0.1, -0.05) is 34.9 Å². The Bertz CT molecular complexity index is 1880. The molecule has 5 atom stereocenters. The van der Waals surface area contributed by atoms with Crippen LogP contribution in [0, 0.1) is 0 Å². The van der Waals surface area contributed by atoms with Crippen molar-refractivity contribution in [2.45, 2.75) is 64.3 Å². The van der Waals surface area contributed by atoms with Crippen molar-refractivity contribution in [3.63, 3.8) is 0 Å². The van der Waals surface area contributed by atoms with E-state index in [9.17, 15) is 51.9 Å². The fraction of sp³-hybridized carbons (Fsp3) is 0.433. The average molecular weight is 782 g/mol. The Labute approximate surface area is 306 Å². The van der Waals surface area contributed by atoms with Crippen molar-refractivity contribution >= 4 is 64.4 Å². The summed E-state index contributed by atoms with van der Waals surface area (Å²) in [5.74, 6) is -3.88. The Morgan fingerprint density at radius 2 is 1.76 bits per heavy atom. The van der Waals surface area contributed by atoms with Gasteiger partial charge in [0.25, 0.3) is 0 Å². The number of imide groups is 1.